The molecule has 0 bridgehead atoms. The molecular formula is C12H24N2O3. The molecule has 0 spiro atoms. The molecule has 5 heteroatoms. The topological polar surface area (TPSA) is 78.4 Å². The second kappa shape index (κ2) is 11.4. The highest BCUT2D eigenvalue weighted by Crippen LogP contribution is 1.98. The fourth-order valence-corrected chi connectivity index (χ4v) is 1.38. The van der Waals surface area contributed by atoms with E-state index in [0.29, 0.717) is 13.0 Å². The van der Waals surface area contributed by atoms with Crippen molar-refractivity contribution in [2.75, 3.05) is 19.6 Å². The van der Waals surface area contributed by atoms with E-state index in [0.717, 1.165) is 38.8 Å². The van der Waals surface area contributed by atoms with Gasteiger partial charge in [0.2, 0.25) is 5.91 Å². The smallest absolute Gasteiger partial charge is 0.303 e. The second-order valence-electron chi connectivity index (χ2n) is 4.05. The maximum absolute atomic E-state index is 11.2. The molecule has 1 amide bonds. The van der Waals surface area contributed by atoms with Crippen LogP contribution in [0.4, 0.5) is 0 Å². The number of carbonyl (C=O) groups excluding carboxylic acids is 1. The predicted octanol–water partition coefficient (Wildman–Crippen LogP) is 1.14. The third-order valence-corrected chi connectivity index (χ3v) is 2.35. The van der Waals surface area contributed by atoms with Crippen LogP contribution >= 0.6 is 0 Å². The SMILES string of the molecule is CCCNC(=O)CCNCCCCCC(=O)O. The molecule has 100 valence electrons. The molecule has 5 nitrogen and oxygen atoms in total. The first-order valence-corrected chi connectivity index (χ1v) is 6.36. The predicted molar refractivity (Wildman–Crippen MR) is 66.9 cm³/mol. The number of hydrogen-bond donors (Lipinski definition) is 3. The molecule has 0 rings (SSSR count). The third-order valence-electron chi connectivity index (χ3n) is 2.35. The minimum atomic E-state index is -0.731. The number of aliphatic carboxylic acids is 1. The highest BCUT2D eigenvalue weighted by molar-refractivity contribution is 5.75. The van der Waals surface area contributed by atoms with Gasteiger partial charge >= 0.3 is 5.97 Å². The Hall–Kier alpha value is -1.10. The normalized spacial score (nSPS) is 10.2. The van der Waals surface area contributed by atoms with E-state index >= 15 is 0 Å². The molecule has 3 N–H and O–H groups in total. The van der Waals surface area contributed by atoms with E-state index in [1.54, 1.807) is 0 Å². The molecule has 0 aromatic rings. The van der Waals surface area contributed by atoms with Crippen molar-refractivity contribution in [2.24, 2.45) is 0 Å². The van der Waals surface area contributed by atoms with Gasteiger partial charge in [-0.05, 0) is 25.8 Å². The van der Waals surface area contributed by atoms with Gasteiger partial charge in [0.15, 0.2) is 0 Å². The first-order chi connectivity index (χ1) is 8.16. The van der Waals surface area contributed by atoms with Gasteiger partial charge in [-0.2, -0.15) is 0 Å². The van der Waals surface area contributed by atoms with Crippen LogP contribution in [0.2, 0.25) is 0 Å². The average Bonchev–Trinajstić information content (AvgIpc) is 2.29. The van der Waals surface area contributed by atoms with Crippen molar-refractivity contribution in [1.82, 2.24) is 10.6 Å². The Bertz CT molecular complexity index is 220. The Morgan fingerprint density at radius 2 is 1.76 bits per heavy atom. The number of carbonyl (C=O) groups is 2. The lowest BCUT2D eigenvalue weighted by Crippen LogP contribution is -2.28. The molecule has 0 aliphatic carbocycles. The van der Waals surface area contributed by atoms with E-state index in [9.17, 15) is 9.59 Å². The first kappa shape index (κ1) is 15.9. The summed E-state index contributed by atoms with van der Waals surface area (Å²) in [5.41, 5.74) is 0. The van der Waals surface area contributed by atoms with Crippen LogP contribution in [0, 0.1) is 0 Å². The lowest BCUT2D eigenvalue weighted by atomic mass is 10.2. The summed E-state index contributed by atoms with van der Waals surface area (Å²) in [6, 6.07) is 0. The lowest BCUT2D eigenvalue weighted by Gasteiger charge is -2.05. The molecule has 0 saturated heterocycles. The van der Waals surface area contributed by atoms with Crippen LogP contribution in [0.15, 0.2) is 0 Å². The minimum absolute atomic E-state index is 0.0882. The number of hydrogen-bond acceptors (Lipinski definition) is 3. The first-order valence-electron chi connectivity index (χ1n) is 6.36. The number of unbranched alkanes of at least 4 members (excludes halogenated alkanes) is 2. The standard InChI is InChI=1S/C12H24N2O3/c1-2-8-14-11(15)7-10-13-9-5-3-4-6-12(16)17/h13H,2-10H2,1H3,(H,14,15)(H,16,17). The average molecular weight is 244 g/mol. The zero-order valence-electron chi connectivity index (χ0n) is 10.6. The van der Waals surface area contributed by atoms with Gasteiger partial charge in [-0.25, -0.2) is 0 Å². The van der Waals surface area contributed by atoms with E-state index < -0.39 is 5.97 Å². The molecule has 0 aromatic carbocycles. The van der Waals surface area contributed by atoms with Gasteiger partial charge in [-0.15, -0.1) is 0 Å². The highest BCUT2D eigenvalue weighted by Gasteiger charge is 1.99. The monoisotopic (exact) mass is 244 g/mol. The van der Waals surface area contributed by atoms with E-state index in [1.807, 2.05) is 6.92 Å². The molecule has 0 aromatic heterocycles. The molecule has 0 fully saturated rings. The maximum atomic E-state index is 11.2. The quantitative estimate of drug-likeness (QED) is 0.476. The van der Waals surface area contributed by atoms with Crippen LogP contribution in [0.1, 0.15) is 45.4 Å². The van der Waals surface area contributed by atoms with E-state index in [2.05, 4.69) is 10.6 Å². The Labute approximate surface area is 103 Å². The van der Waals surface area contributed by atoms with Gasteiger partial charge < -0.3 is 15.7 Å². The van der Waals surface area contributed by atoms with Gasteiger partial charge in [-0.3, -0.25) is 9.59 Å². The minimum Gasteiger partial charge on any atom is -0.481 e. The van der Waals surface area contributed by atoms with Crippen LogP contribution in [0.25, 0.3) is 0 Å². The Morgan fingerprint density at radius 3 is 2.41 bits per heavy atom. The maximum Gasteiger partial charge on any atom is 0.303 e. The summed E-state index contributed by atoms with van der Waals surface area (Å²) in [5, 5.41) is 14.4. The van der Waals surface area contributed by atoms with Gasteiger partial charge in [0.25, 0.3) is 0 Å². The van der Waals surface area contributed by atoms with Crippen LogP contribution in [0.5, 0.6) is 0 Å². The van der Waals surface area contributed by atoms with Crippen LogP contribution in [-0.2, 0) is 9.59 Å². The van der Waals surface area contributed by atoms with Crippen molar-refractivity contribution in [1.29, 1.82) is 0 Å². The fourth-order valence-electron chi connectivity index (χ4n) is 1.38. The van der Waals surface area contributed by atoms with Crippen molar-refractivity contribution in [3.63, 3.8) is 0 Å². The van der Waals surface area contributed by atoms with Crippen molar-refractivity contribution in [3.8, 4) is 0 Å². The number of carboxylic acids is 1. The van der Waals surface area contributed by atoms with Crippen LogP contribution in [0.3, 0.4) is 0 Å². The molecule has 0 unspecified atom stereocenters. The zero-order valence-corrected chi connectivity index (χ0v) is 10.6. The second-order valence-corrected chi connectivity index (χ2v) is 4.05. The fraction of sp³-hybridized carbons (Fsp3) is 0.833. The lowest BCUT2D eigenvalue weighted by molar-refractivity contribution is -0.137. The largest absolute Gasteiger partial charge is 0.481 e. The molecular weight excluding hydrogens is 220 g/mol. The van der Waals surface area contributed by atoms with E-state index in [1.165, 1.54) is 0 Å². The summed E-state index contributed by atoms with van der Waals surface area (Å²) in [4.78, 5) is 21.4. The van der Waals surface area contributed by atoms with Crippen molar-refractivity contribution < 1.29 is 14.7 Å². The molecule has 0 aliphatic heterocycles. The number of amides is 1. The van der Waals surface area contributed by atoms with Crippen LogP contribution in [-0.4, -0.2) is 36.6 Å². The molecule has 0 saturated carbocycles. The molecule has 17 heavy (non-hydrogen) atoms. The Balaban J connectivity index is 3.12. The molecule has 0 radical (unpaired) electrons. The molecule has 0 heterocycles. The zero-order chi connectivity index (χ0) is 12.9. The van der Waals surface area contributed by atoms with Crippen molar-refractivity contribution in [3.05, 3.63) is 0 Å². The summed E-state index contributed by atoms with van der Waals surface area (Å²) < 4.78 is 0. The molecule has 0 aliphatic rings. The summed E-state index contributed by atoms with van der Waals surface area (Å²) in [6.45, 7) is 4.30. The van der Waals surface area contributed by atoms with Gasteiger partial charge in [-0.1, -0.05) is 13.3 Å². The van der Waals surface area contributed by atoms with Gasteiger partial charge in [0.05, 0.1) is 0 Å². The van der Waals surface area contributed by atoms with E-state index in [4.69, 9.17) is 5.11 Å². The Kier molecular flexibility index (Phi) is 10.7. The summed E-state index contributed by atoms with van der Waals surface area (Å²) in [5.74, 6) is -0.643. The third kappa shape index (κ3) is 12.8. The van der Waals surface area contributed by atoms with Gasteiger partial charge in [0.1, 0.15) is 0 Å². The highest BCUT2D eigenvalue weighted by atomic mass is 16.4. The summed E-state index contributed by atoms with van der Waals surface area (Å²) in [7, 11) is 0. The molecule has 0 atom stereocenters. The van der Waals surface area contributed by atoms with Crippen molar-refractivity contribution >= 4 is 11.9 Å². The van der Waals surface area contributed by atoms with Crippen LogP contribution < -0.4 is 10.6 Å². The summed E-state index contributed by atoms with van der Waals surface area (Å²) in [6.07, 6.45) is 4.33. The number of carboxylic acid groups (broad SMARTS) is 1. The Morgan fingerprint density at radius 1 is 1.00 bits per heavy atom. The summed E-state index contributed by atoms with van der Waals surface area (Å²) >= 11 is 0. The van der Waals surface area contributed by atoms with Gasteiger partial charge in [0, 0.05) is 25.9 Å². The number of nitrogens with one attached hydrogen (secondary N) is 2. The van der Waals surface area contributed by atoms with E-state index in [-0.39, 0.29) is 12.3 Å². The van der Waals surface area contributed by atoms with Crippen molar-refractivity contribution in [2.45, 2.75) is 45.4 Å². The number of rotatable bonds is 11.